The zero-order valence-electron chi connectivity index (χ0n) is 12.2. The van der Waals surface area contributed by atoms with Crippen LogP contribution in [0.4, 0.5) is 0 Å². The number of rotatable bonds is 6. The number of nitrogens with zero attached hydrogens (tertiary/aromatic N) is 3. The predicted octanol–water partition coefficient (Wildman–Crippen LogP) is 1.26. The summed E-state index contributed by atoms with van der Waals surface area (Å²) in [6.07, 6.45) is 5.19. The van der Waals surface area contributed by atoms with Gasteiger partial charge in [-0.3, -0.25) is 14.7 Å². The number of hydrogen-bond acceptors (Lipinski definition) is 4. The van der Waals surface area contributed by atoms with Crippen LogP contribution in [0, 0.1) is 0 Å². The van der Waals surface area contributed by atoms with Crippen LogP contribution in [-0.4, -0.2) is 25.9 Å². The van der Waals surface area contributed by atoms with Gasteiger partial charge in [0, 0.05) is 24.4 Å². The predicted molar refractivity (Wildman–Crippen MR) is 77.9 cm³/mol. The molecule has 2 aromatic rings. The summed E-state index contributed by atoms with van der Waals surface area (Å²) in [6.45, 7) is 4.41. The molecule has 2 rings (SSSR count). The number of hydrogen-bond donors (Lipinski definition) is 2. The van der Waals surface area contributed by atoms with Gasteiger partial charge in [-0.05, 0) is 19.4 Å². The second-order valence-corrected chi connectivity index (χ2v) is 4.86. The first-order valence-corrected chi connectivity index (χ1v) is 6.99. The van der Waals surface area contributed by atoms with Gasteiger partial charge in [0.25, 0.3) is 11.5 Å². The van der Waals surface area contributed by atoms with Crippen LogP contribution in [0.2, 0.25) is 0 Å². The minimum atomic E-state index is -0.311. The first-order chi connectivity index (χ1) is 10.1. The van der Waals surface area contributed by atoms with Crippen molar-refractivity contribution in [2.24, 2.45) is 0 Å². The smallest absolute Gasteiger partial charge is 0.272 e. The van der Waals surface area contributed by atoms with E-state index in [1.165, 1.54) is 16.8 Å². The summed E-state index contributed by atoms with van der Waals surface area (Å²) >= 11 is 0. The molecule has 2 aromatic heterocycles. The van der Waals surface area contributed by atoms with Crippen LogP contribution in [0.5, 0.6) is 0 Å². The van der Waals surface area contributed by atoms with Crippen molar-refractivity contribution >= 4 is 5.91 Å². The maximum atomic E-state index is 12.2. The second kappa shape index (κ2) is 6.83. The highest BCUT2D eigenvalue weighted by Gasteiger charge is 2.14. The van der Waals surface area contributed by atoms with Crippen LogP contribution >= 0.6 is 0 Å². The summed E-state index contributed by atoms with van der Waals surface area (Å²) in [4.78, 5) is 23.8. The van der Waals surface area contributed by atoms with E-state index in [0.717, 1.165) is 18.4 Å². The number of unbranched alkanes of at least 4 members (excludes halogenated alkanes) is 1. The van der Waals surface area contributed by atoms with Crippen molar-refractivity contribution in [1.82, 2.24) is 25.3 Å². The molecule has 1 unspecified atom stereocenters. The van der Waals surface area contributed by atoms with E-state index in [4.69, 9.17) is 0 Å². The molecule has 7 heteroatoms. The molecule has 112 valence electrons. The highest BCUT2D eigenvalue weighted by molar-refractivity contribution is 5.92. The van der Waals surface area contributed by atoms with E-state index in [1.807, 2.05) is 13.8 Å². The number of nitrogens with one attached hydrogen (secondary N) is 2. The molecule has 0 saturated carbocycles. The van der Waals surface area contributed by atoms with Gasteiger partial charge in [0.1, 0.15) is 5.69 Å². The second-order valence-electron chi connectivity index (χ2n) is 4.86. The van der Waals surface area contributed by atoms with Gasteiger partial charge in [-0.2, -0.15) is 10.2 Å². The molecule has 0 bridgehead atoms. The van der Waals surface area contributed by atoms with Crippen LogP contribution in [0.25, 0.3) is 0 Å². The van der Waals surface area contributed by atoms with Gasteiger partial charge in [-0.25, -0.2) is 4.68 Å². The van der Waals surface area contributed by atoms with Gasteiger partial charge in [-0.1, -0.05) is 13.3 Å². The Kier molecular flexibility index (Phi) is 4.86. The maximum Gasteiger partial charge on any atom is 0.272 e. The summed E-state index contributed by atoms with van der Waals surface area (Å²) in [6, 6.07) is 2.64. The molecule has 0 aliphatic heterocycles. The Morgan fingerprint density at radius 2 is 2.29 bits per heavy atom. The van der Waals surface area contributed by atoms with Gasteiger partial charge in [0.05, 0.1) is 12.2 Å². The standard InChI is InChI=1S/C14H19N5O2/c1-3-4-7-19-13(20)6-5-12(18-19)14(21)17-10(2)11-8-15-16-9-11/h5-6,8-10H,3-4,7H2,1-2H3,(H,15,16)(H,17,21). The Morgan fingerprint density at radius 3 is 2.95 bits per heavy atom. The highest BCUT2D eigenvalue weighted by Crippen LogP contribution is 2.09. The van der Waals surface area contributed by atoms with E-state index in [-0.39, 0.29) is 23.2 Å². The van der Waals surface area contributed by atoms with Crippen LogP contribution in [0.15, 0.2) is 29.3 Å². The first kappa shape index (κ1) is 15.0. The number of amides is 1. The largest absolute Gasteiger partial charge is 0.344 e. The third kappa shape index (κ3) is 3.77. The minimum absolute atomic E-state index is 0.186. The number of aromatic nitrogens is 4. The van der Waals surface area contributed by atoms with Crippen molar-refractivity contribution in [3.63, 3.8) is 0 Å². The van der Waals surface area contributed by atoms with Crippen LogP contribution < -0.4 is 10.9 Å². The van der Waals surface area contributed by atoms with Crippen LogP contribution in [0.3, 0.4) is 0 Å². The van der Waals surface area contributed by atoms with Crippen molar-refractivity contribution in [3.05, 3.63) is 46.1 Å². The zero-order valence-corrected chi connectivity index (χ0v) is 12.2. The molecule has 0 fully saturated rings. The Morgan fingerprint density at radius 1 is 1.48 bits per heavy atom. The first-order valence-electron chi connectivity index (χ1n) is 6.99. The van der Waals surface area contributed by atoms with Gasteiger partial charge in [0.2, 0.25) is 0 Å². The molecule has 2 N–H and O–H groups in total. The zero-order chi connectivity index (χ0) is 15.2. The molecule has 0 aliphatic rings. The van der Waals surface area contributed by atoms with Crippen LogP contribution in [-0.2, 0) is 6.54 Å². The fourth-order valence-electron chi connectivity index (χ4n) is 1.89. The number of H-pyrrole nitrogens is 1. The summed E-state index contributed by atoms with van der Waals surface area (Å²) in [5.41, 5.74) is 0.923. The van der Waals surface area contributed by atoms with Crippen molar-refractivity contribution in [1.29, 1.82) is 0 Å². The number of carbonyl (C=O) groups excluding carboxylic acids is 1. The average Bonchev–Trinajstić information content (AvgIpc) is 3.00. The normalized spacial score (nSPS) is 12.1. The molecular weight excluding hydrogens is 270 g/mol. The van der Waals surface area contributed by atoms with E-state index in [9.17, 15) is 9.59 Å². The van der Waals surface area contributed by atoms with E-state index < -0.39 is 0 Å². The van der Waals surface area contributed by atoms with E-state index in [2.05, 4.69) is 20.6 Å². The minimum Gasteiger partial charge on any atom is -0.344 e. The number of carbonyl (C=O) groups is 1. The fraction of sp³-hybridized carbons (Fsp3) is 0.429. The van der Waals surface area contributed by atoms with Gasteiger partial charge >= 0.3 is 0 Å². The quantitative estimate of drug-likeness (QED) is 0.837. The van der Waals surface area contributed by atoms with E-state index in [1.54, 1.807) is 12.4 Å². The Hall–Kier alpha value is -2.44. The lowest BCUT2D eigenvalue weighted by atomic mass is 10.2. The Bertz CT molecular complexity index is 648. The summed E-state index contributed by atoms with van der Waals surface area (Å²) in [5.74, 6) is -0.311. The molecule has 7 nitrogen and oxygen atoms in total. The topological polar surface area (TPSA) is 92.7 Å². The lowest BCUT2D eigenvalue weighted by molar-refractivity contribution is 0.0932. The van der Waals surface area contributed by atoms with Crippen molar-refractivity contribution in [3.8, 4) is 0 Å². The van der Waals surface area contributed by atoms with Crippen molar-refractivity contribution < 1.29 is 4.79 Å². The SMILES string of the molecule is CCCCn1nc(C(=O)NC(C)c2cn[nH]c2)ccc1=O. The molecule has 1 amide bonds. The number of aryl methyl sites for hydroxylation is 1. The molecule has 1 atom stereocenters. The van der Waals surface area contributed by atoms with Gasteiger partial charge in [0.15, 0.2) is 0 Å². The lowest BCUT2D eigenvalue weighted by Gasteiger charge is -2.12. The Balaban J connectivity index is 2.10. The Labute approximate surface area is 122 Å². The molecule has 0 aliphatic carbocycles. The van der Waals surface area contributed by atoms with Crippen molar-refractivity contribution in [2.45, 2.75) is 39.3 Å². The van der Waals surface area contributed by atoms with E-state index >= 15 is 0 Å². The fourth-order valence-corrected chi connectivity index (χ4v) is 1.89. The third-order valence-corrected chi connectivity index (χ3v) is 3.19. The average molecular weight is 289 g/mol. The van der Waals surface area contributed by atoms with E-state index in [0.29, 0.717) is 6.54 Å². The van der Waals surface area contributed by atoms with Crippen LogP contribution in [0.1, 0.15) is 48.8 Å². The molecule has 0 aromatic carbocycles. The maximum absolute atomic E-state index is 12.2. The number of aromatic amines is 1. The summed E-state index contributed by atoms with van der Waals surface area (Å²) in [7, 11) is 0. The highest BCUT2D eigenvalue weighted by atomic mass is 16.2. The molecule has 0 spiro atoms. The summed E-state index contributed by atoms with van der Waals surface area (Å²) in [5, 5.41) is 13.5. The van der Waals surface area contributed by atoms with Gasteiger partial charge in [-0.15, -0.1) is 0 Å². The molecule has 0 radical (unpaired) electrons. The summed E-state index contributed by atoms with van der Waals surface area (Å²) < 4.78 is 1.33. The van der Waals surface area contributed by atoms with Crippen molar-refractivity contribution in [2.75, 3.05) is 0 Å². The van der Waals surface area contributed by atoms with Gasteiger partial charge < -0.3 is 5.32 Å². The molecule has 2 heterocycles. The molecule has 0 saturated heterocycles. The molecule has 21 heavy (non-hydrogen) atoms. The third-order valence-electron chi connectivity index (χ3n) is 3.19. The lowest BCUT2D eigenvalue weighted by Crippen LogP contribution is -2.31. The molecular formula is C14H19N5O2. The monoisotopic (exact) mass is 289 g/mol.